The highest BCUT2D eigenvalue weighted by Crippen LogP contribution is 2.44. The number of benzene rings is 4. The van der Waals surface area contributed by atoms with Gasteiger partial charge in [-0.3, -0.25) is 4.79 Å². The van der Waals surface area contributed by atoms with Crippen molar-refractivity contribution in [2.75, 3.05) is 4.90 Å². The van der Waals surface area contributed by atoms with Gasteiger partial charge in [0.2, 0.25) is 0 Å². The molecule has 0 saturated carbocycles. The zero-order chi connectivity index (χ0) is 26.8. The highest BCUT2D eigenvalue weighted by atomic mass is 32.2. The second kappa shape index (κ2) is 10.1. The molecule has 192 valence electrons. The number of hydrogen-bond donors (Lipinski definition) is 0. The van der Waals surface area contributed by atoms with Crippen molar-refractivity contribution in [1.82, 2.24) is 0 Å². The number of hydrogen-bond acceptors (Lipinski definition) is 6. The van der Waals surface area contributed by atoms with Crippen molar-refractivity contribution in [1.29, 1.82) is 0 Å². The molecule has 6 rings (SSSR count). The van der Waals surface area contributed by atoms with Crippen LogP contribution in [0.25, 0.3) is 0 Å². The SMILES string of the molecule is O=C1C=CC=C2OC(c3ccc(N(c4ccccc4)c4ccccc4)cc3)C(OS(=O)(=O)c3ccccc3)=C12. The lowest BCUT2D eigenvalue weighted by Gasteiger charge is -2.26. The molecule has 4 aromatic carbocycles. The Bertz CT molecular complexity index is 1670. The number of fused-ring (bicyclic) bond motifs is 1. The molecule has 0 spiro atoms. The van der Waals surface area contributed by atoms with Gasteiger partial charge in [-0.15, -0.1) is 0 Å². The van der Waals surface area contributed by atoms with Crippen LogP contribution in [0.1, 0.15) is 11.7 Å². The quantitative estimate of drug-likeness (QED) is 0.240. The Hall–Kier alpha value is -4.88. The maximum atomic E-state index is 13.1. The van der Waals surface area contributed by atoms with Gasteiger partial charge >= 0.3 is 10.1 Å². The normalized spacial score (nSPS) is 16.4. The van der Waals surface area contributed by atoms with Gasteiger partial charge in [-0.2, -0.15) is 8.42 Å². The van der Waals surface area contributed by atoms with Crippen LogP contribution in [0.5, 0.6) is 0 Å². The summed E-state index contributed by atoms with van der Waals surface area (Å²) in [4.78, 5) is 14.9. The number of allylic oxidation sites excluding steroid dienone is 4. The molecule has 0 aromatic heterocycles. The highest BCUT2D eigenvalue weighted by molar-refractivity contribution is 7.86. The first kappa shape index (κ1) is 24.5. The maximum absolute atomic E-state index is 13.1. The topological polar surface area (TPSA) is 72.9 Å². The average Bonchev–Trinajstić information content (AvgIpc) is 3.34. The Morgan fingerprint density at radius 2 is 1.23 bits per heavy atom. The summed E-state index contributed by atoms with van der Waals surface area (Å²) in [6.07, 6.45) is 3.66. The van der Waals surface area contributed by atoms with Gasteiger partial charge in [0.15, 0.2) is 17.6 Å². The molecule has 39 heavy (non-hydrogen) atoms. The number of para-hydroxylation sites is 2. The fraction of sp³-hybridized carbons (Fsp3) is 0.0312. The van der Waals surface area contributed by atoms with Crippen LogP contribution in [0.3, 0.4) is 0 Å². The van der Waals surface area contributed by atoms with Crippen molar-refractivity contribution >= 4 is 33.0 Å². The minimum Gasteiger partial charge on any atom is -0.477 e. The molecule has 0 saturated heterocycles. The van der Waals surface area contributed by atoms with Crippen LogP contribution in [0, 0.1) is 0 Å². The molecular weight excluding hydrogens is 510 g/mol. The Labute approximate surface area is 226 Å². The molecular formula is C32H23NO5S. The van der Waals surface area contributed by atoms with Crippen LogP contribution >= 0.6 is 0 Å². The summed E-state index contributed by atoms with van der Waals surface area (Å²) in [5.74, 6) is -0.135. The van der Waals surface area contributed by atoms with Crippen LogP contribution in [0.2, 0.25) is 0 Å². The summed E-state index contributed by atoms with van der Waals surface area (Å²) in [7, 11) is -4.20. The number of carbonyl (C=O) groups excluding carboxylic acids is 1. The number of nitrogens with zero attached hydrogens (tertiary/aromatic N) is 1. The third kappa shape index (κ3) is 4.76. The first-order chi connectivity index (χ1) is 19.0. The molecule has 6 nitrogen and oxygen atoms in total. The van der Waals surface area contributed by atoms with Gasteiger partial charge in [-0.25, -0.2) is 0 Å². The predicted molar refractivity (Wildman–Crippen MR) is 149 cm³/mol. The van der Waals surface area contributed by atoms with Crippen molar-refractivity contribution in [3.05, 3.63) is 156 Å². The van der Waals surface area contributed by atoms with E-state index in [2.05, 4.69) is 4.90 Å². The molecule has 2 aliphatic rings. The Balaban J connectivity index is 1.38. The van der Waals surface area contributed by atoms with E-state index in [0.717, 1.165) is 17.1 Å². The van der Waals surface area contributed by atoms with Gasteiger partial charge in [0.25, 0.3) is 0 Å². The van der Waals surface area contributed by atoms with Crippen LogP contribution in [-0.2, 0) is 23.8 Å². The van der Waals surface area contributed by atoms with E-state index in [1.165, 1.54) is 18.2 Å². The number of carbonyl (C=O) groups is 1. The molecule has 7 heteroatoms. The Kier molecular flexibility index (Phi) is 6.34. The zero-order valence-electron chi connectivity index (χ0n) is 20.7. The van der Waals surface area contributed by atoms with E-state index in [0.29, 0.717) is 5.56 Å². The van der Waals surface area contributed by atoms with Gasteiger partial charge in [-0.1, -0.05) is 72.8 Å². The number of rotatable bonds is 7. The minimum atomic E-state index is -4.20. The van der Waals surface area contributed by atoms with Crippen molar-refractivity contribution in [2.24, 2.45) is 0 Å². The number of ether oxygens (including phenoxy) is 1. The minimum absolute atomic E-state index is 0.00945. The fourth-order valence-electron chi connectivity index (χ4n) is 4.62. The third-order valence-corrected chi connectivity index (χ3v) is 7.68. The van der Waals surface area contributed by atoms with Crippen molar-refractivity contribution in [3.8, 4) is 0 Å². The van der Waals surface area contributed by atoms with Crippen LogP contribution in [0.15, 0.2) is 155 Å². The number of ketones is 1. The lowest BCUT2D eigenvalue weighted by Crippen LogP contribution is -2.13. The van der Waals surface area contributed by atoms with Crippen molar-refractivity contribution in [2.45, 2.75) is 11.0 Å². The molecule has 1 unspecified atom stereocenters. The summed E-state index contributed by atoms with van der Waals surface area (Å²) in [6, 6.07) is 35.4. The third-order valence-electron chi connectivity index (χ3n) is 6.43. The molecule has 0 amide bonds. The van der Waals surface area contributed by atoms with E-state index < -0.39 is 16.2 Å². The molecule has 4 aromatic rings. The summed E-state index contributed by atoms with van der Waals surface area (Å²) in [6.45, 7) is 0. The smallest absolute Gasteiger partial charge is 0.339 e. The Morgan fingerprint density at radius 1 is 0.692 bits per heavy atom. The molecule has 0 N–H and O–H groups in total. The molecule has 0 radical (unpaired) electrons. The van der Waals surface area contributed by atoms with Gasteiger partial charge in [0.1, 0.15) is 16.2 Å². The average molecular weight is 534 g/mol. The van der Waals surface area contributed by atoms with E-state index in [1.807, 2.05) is 84.9 Å². The van der Waals surface area contributed by atoms with Crippen LogP contribution < -0.4 is 4.90 Å². The van der Waals surface area contributed by atoms with Gasteiger partial charge in [0, 0.05) is 22.6 Å². The van der Waals surface area contributed by atoms with Crippen molar-refractivity contribution < 1.29 is 22.1 Å². The molecule has 0 bridgehead atoms. The summed E-state index contributed by atoms with van der Waals surface area (Å²) >= 11 is 0. The lowest BCUT2D eigenvalue weighted by atomic mass is 10.0. The fourth-order valence-corrected chi connectivity index (χ4v) is 5.62. The monoisotopic (exact) mass is 533 g/mol. The Morgan fingerprint density at radius 3 is 1.82 bits per heavy atom. The molecule has 0 fully saturated rings. The molecule has 1 heterocycles. The van der Waals surface area contributed by atoms with Gasteiger partial charge in [-0.05, 0) is 60.7 Å². The second-order valence-electron chi connectivity index (χ2n) is 8.94. The summed E-state index contributed by atoms with van der Waals surface area (Å²) in [5, 5.41) is 0. The van der Waals surface area contributed by atoms with E-state index in [1.54, 1.807) is 30.4 Å². The molecule has 1 atom stereocenters. The van der Waals surface area contributed by atoms with E-state index in [4.69, 9.17) is 8.92 Å². The van der Waals surface area contributed by atoms with E-state index >= 15 is 0 Å². The molecule has 1 aliphatic heterocycles. The van der Waals surface area contributed by atoms with Gasteiger partial charge in [0.05, 0.1) is 0 Å². The van der Waals surface area contributed by atoms with E-state index in [-0.39, 0.29) is 27.8 Å². The molecule has 1 aliphatic carbocycles. The second-order valence-corrected chi connectivity index (χ2v) is 10.5. The maximum Gasteiger partial charge on any atom is 0.339 e. The highest BCUT2D eigenvalue weighted by Gasteiger charge is 2.40. The zero-order valence-corrected chi connectivity index (χ0v) is 21.5. The van der Waals surface area contributed by atoms with E-state index in [9.17, 15) is 13.2 Å². The summed E-state index contributed by atoms with van der Waals surface area (Å²) in [5.41, 5.74) is 3.63. The van der Waals surface area contributed by atoms with Crippen LogP contribution in [0.4, 0.5) is 17.1 Å². The first-order valence-corrected chi connectivity index (χ1v) is 13.8. The predicted octanol–water partition coefficient (Wildman–Crippen LogP) is 6.91. The van der Waals surface area contributed by atoms with Gasteiger partial charge < -0.3 is 13.8 Å². The lowest BCUT2D eigenvalue weighted by molar-refractivity contribution is -0.111. The van der Waals surface area contributed by atoms with Crippen LogP contribution in [-0.4, -0.2) is 14.2 Å². The van der Waals surface area contributed by atoms with Crippen molar-refractivity contribution in [3.63, 3.8) is 0 Å². The summed E-state index contributed by atoms with van der Waals surface area (Å²) < 4.78 is 38.0. The standard InChI is InChI=1S/C32H23NO5S/c34-28-17-10-18-29-30(28)32(38-39(35,36)27-15-8-3-9-16-27)31(37-29)23-19-21-26(22-20-23)33(24-11-4-1-5-12-24)25-13-6-2-7-14-25/h1-22,31H. The number of anilines is 3. The first-order valence-electron chi connectivity index (χ1n) is 12.3. The largest absolute Gasteiger partial charge is 0.477 e.